The van der Waals surface area contributed by atoms with Gasteiger partial charge >= 0.3 is 6.18 Å². The van der Waals surface area contributed by atoms with Gasteiger partial charge in [-0.15, -0.1) is 0 Å². The molecule has 0 fully saturated rings. The number of hydrogen-bond donors (Lipinski definition) is 1. The summed E-state index contributed by atoms with van der Waals surface area (Å²) in [6.45, 7) is 0.234. The van der Waals surface area contributed by atoms with Crippen molar-refractivity contribution in [1.29, 1.82) is 0 Å². The van der Waals surface area contributed by atoms with E-state index in [0.29, 0.717) is 5.69 Å². The Labute approximate surface area is 90.6 Å². The van der Waals surface area contributed by atoms with E-state index in [0.717, 1.165) is 0 Å². The lowest BCUT2D eigenvalue weighted by Gasteiger charge is -2.07. The Balaban J connectivity index is 2.27. The molecule has 0 saturated heterocycles. The predicted molar refractivity (Wildman–Crippen MR) is 50.7 cm³/mol. The van der Waals surface area contributed by atoms with Gasteiger partial charge in [0.05, 0.1) is 24.7 Å². The van der Waals surface area contributed by atoms with Crippen LogP contribution in [0.5, 0.6) is 5.88 Å². The molecule has 0 unspecified atom stereocenters. The molecule has 0 aromatic carbocycles. The van der Waals surface area contributed by atoms with Crippen molar-refractivity contribution >= 4 is 0 Å². The first-order valence-electron chi connectivity index (χ1n) is 4.72. The van der Waals surface area contributed by atoms with Crippen LogP contribution in [0.1, 0.15) is 18.5 Å². The molecule has 0 aliphatic carbocycles. The van der Waals surface area contributed by atoms with Crippen LogP contribution in [-0.2, 0) is 6.54 Å². The SMILES string of the molecule is NCc1cnc(OCCCC(F)(F)F)cn1. The molecule has 4 nitrogen and oxygen atoms in total. The minimum atomic E-state index is -4.14. The van der Waals surface area contributed by atoms with Gasteiger partial charge in [0.1, 0.15) is 0 Å². The Morgan fingerprint density at radius 3 is 2.50 bits per heavy atom. The molecule has 0 bridgehead atoms. The Kier molecular flexibility index (Phi) is 4.48. The number of hydrogen-bond acceptors (Lipinski definition) is 4. The molecule has 16 heavy (non-hydrogen) atoms. The quantitative estimate of drug-likeness (QED) is 0.788. The second-order valence-corrected chi connectivity index (χ2v) is 3.12. The lowest BCUT2D eigenvalue weighted by atomic mass is 10.3. The second-order valence-electron chi connectivity index (χ2n) is 3.12. The van der Waals surface area contributed by atoms with E-state index < -0.39 is 12.6 Å². The number of nitrogens with zero attached hydrogens (tertiary/aromatic N) is 2. The third kappa shape index (κ3) is 4.92. The summed E-state index contributed by atoms with van der Waals surface area (Å²) in [5.74, 6) is 0.208. The first-order valence-corrected chi connectivity index (χ1v) is 4.72. The normalized spacial score (nSPS) is 11.5. The van der Waals surface area contributed by atoms with Crippen LogP contribution in [0.4, 0.5) is 13.2 Å². The van der Waals surface area contributed by atoms with Gasteiger partial charge < -0.3 is 10.5 Å². The van der Waals surface area contributed by atoms with Crippen molar-refractivity contribution in [3.8, 4) is 5.88 Å². The van der Waals surface area contributed by atoms with E-state index in [1.165, 1.54) is 12.4 Å². The summed E-state index contributed by atoms with van der Waals surface area (Å²) in [5, 5.41) is 0. The third-order valence-corrected chi connectivity index (χ3v) is 1.75. The fourth-order valence-corrected chi connectivity index (χ4v) is 0.972. The van der Waals surface area contributed by atoms with Crippen molar-refractivity contribution in [1.82, 2.24) is 9.97 Å². The molecule has 0 amide bonds. The van der Waals surface area contributed by atoms with Crippen molar-refractivity contribution in [2.75, 3.05) is 6.61 Å². The van der Waals surface area contributed by atoms with E-state index in [1.807, 2.05) is 0 Å². The van der Waals surface area contributed by atoms with Crippen LogP contribution in [0.25, 0.3) is 0 Å². The van der Waals surface area contributed by atoms with Gasteiger partial charge in [-0.2, -0.15) is 13.2 Å². The van der Waals surface area contributed by atoms with Gasteiger partial charge in [-0.1, -0.05) is 0 Å². The van der Waals surface area contributed by atoms with E-state index >= 15 is 0 Å². The van der Waals surface area contributed by atoms with Gasteiger partial charge in [-0.05, 0) is 6.42 Å². The molecule has 1 rings (SSSR count). The van der Waals surface area contributed by atoms with Gasteiger partial charge in [-0.25, -0.2) is 4.98 Å². The van der Waals surface area contributed by atoms with E-state index in [9.17, 15) is 13.2 Å². The van der Waals surface area contributed by atoms with Crippen LogP contribution in [0.15, 0.2) is 12.4 Å². The van der Waals surface area contributed by atoms with Gasteiger partial charge in [0.2, 0.25) is 5.88 Å². The number of rotatable bonds is 5. The van der Waals surface area contributed by atoms with Crippen molar-refractivity contribution in [3.05, 3.63) is 18.1 Å². The van der Waals surface area contributed by atoms with E-state index in [4.69, 9.17) is 10.5 Å². The molecule has 0 atom stereocenters. The Morgan fingerprint density at radius 1 is 1.25 bits per heavy atom. The molecule has 0 radical (unpaired) electrons. The zero-order valence-corrected chi connectivity index (χ0v) is 8.50. The summed E-state index contributed by atoms with van der Waals surface area (Å²) < 4.78 is 40.3. The van der Waals surface area contributed by atoms with Gasteiger partial charge in [0, 0.05) is 13.0 Å². The summed E-state index contributed by atoms with van der Waals surface area (Å²) in [7, 11) is 0. The van der Waals surface area contributed by atoms with Gasteiger partial charge in [0.15, 0.2) is 0 Å². The molecule has 0 spiro atoms. The Bertz CT molecular complexity index is 313. The zero-order valence-electron chi connectivity index (χ0n) is 8.50. The summed E-state index contributed by atoms with van der Waals surface area (Å²) in [4.78, 5) is 7.73. The molecule has 1 aromatic heterocycles. The highest BCUT2D eigenvalue weighted by Gasteiger charge is 2.26. The molecule has 90 valence electrons. The number of halogens is 3. The van der Waals surface area contributed by atoms with Crippen molar-refractivity contribution < 1.29 is 17.9 Å². The molecular weight excluding hydrogens is 223 g/mol. The van der Waals surface area contributed by atoms with Crippen molar-refractivity contribution in [2.45, 2.75) is 25.6 Å². The summed E-state index contributed by atoms with van der Waals surface area (Å²) in [6.07, 6.45) is -2.32. The maximum Gasteiger partial charge on any atom is 0.389 e. The molecule has 1 heterocycles. The maximum absolute atomic E-state index is 11.8. The molecule has 7 heteroatoms. The summed E-state index contributed by atoms with van der Waals surface area (Å²) in [6, 6.07) is 0. The Morgan fingerprint density at radius 2 is 2.00 bits per heavy atom. The van der Waals surface area contributed by atoms with Crippen molar-refractivity contribution in [2.24, 2.45) is 5.73 Å². The molecule has 0 aliphatic rings. The lowest BCUT2D eigenvalue weighted by Crippen LogP contribution is -2.10. The monoisotopic (exact) mass is 235 g/mol. The predicted octanol–water partition coefficient (Wildman–Crippen LogP) is 1.66. The standard InChI is InChI=1S/C9H12F3N3O/c10-9(11,12)2-1-3-16-8-6-14-7(4-13)5-15-8/h5-6H,1-4,13H2. The maximum atomic E-state index is 11.8. The van der Waals surface area contributed by atoms with Crippen molar-refractivity contribution in [3.63, 3.8) is 0 Å². The smallest absolute Gasteiger partial charge is 0.389 e. The lowest BCUT2D eigenvalue weighted by molar-refractivity contribution is -0.136. The fourth-order valence-electron chi connectivity index (χ4n) is 0.972. The largest absolute Gasteiger partial charge is 0.477 e. The highest BCUT2D eigenvalue weighted by Crippen LogP contribution is 2.21. The van der Waals surface area contributed by atoms with E-state index in [1.54, 1.807) is 0 Å². The van der Waals surface area contributed by atoms with E-state index in [-0.39, 0.29) is 25.5 Å². The Hall–Kier alpha value is -1.37. The number of aromatic nitrogens is 2. The molecule has 1 aromatic rings. The first kappa shape index (κ1) is 12.7. The molecular formula is C9H12F3N3O. The van der Waals surface area contributed by atoms with Crippen LogP contribution in [0, 0.1) is 0 Å². The first-order chi connectivity index (χ1) is 7.51. The van der Waals surface area contributed by atoms with Crippen LogP contribution in [0.3, 0.4) is 0 Å². The van der Waals surface area contributed by atoms with E-state index in [2.05, 4.69) is 9.97 Å². The van der Waals surface area contributed by atoms with Crippen LogP contribution in [-0.4, -0.2) is 22.8 Å². The topological polar surface area (TPSA) is 61.0 Å². The molecule has 0 aliphatic heterocycles. The number of alkyl halides is 3. The highest BCUT2D eigenvalue weighted by molar-refractivity contribution is 5.06. The third-order valence-electron chi connectivity index (χ3n) is 1.75. The fraction of sp³-hybridized carbons (Fsp3) is 0.556. The number of nitrogens with two attached hydrogens (primary N) is 1. The summed E-state index contributed by atoms with van der Waals surface area (Å²) in [5.41, 5.74) is 5.90. The second kappa shape index (κ2) is 5.64. The van der Waals surface area contributed by atoms with Crippen LogP contribution < -0.4 is 10.5 Å². The average Bonchev–Trinajstić information content (AvgIpc) is 2.24. The molecule has 2 N–H and O–H groups in total. The van der Waals surface area contributed by atoms with Crippen LogP contribution in [0.2, 0.25) is 0 Å². The zero-order chi connectivity index (χ0) is 12.0. The highest BCUT2D eigenvalue weighted by atomic mass is 19.4. The number of ether oxygens (including phenoxy) is 1. The minimum absolute atomic E-state index is 0.0316. The van der Waals surface area contributed by atoms with Gasteiger partial charge in [-0.3, -0.25) is 4.98 Å². The molecule has 0 saturated carbocycles. The van der Waals surface area contributed by atoms with Crippen LogP contribution >= 0.6 is 0 Å². The average molecular weight is 235 g/mol. The van der Waals surface area contributed by atoms with Gasteiger partial charge in [0.25, 0.3) is 0 Å². The minimum Gasteiger partial charge on any atom is -0.477 e. The summed E-state index contributed by atoms with van der Waals surface area (Å²) >= 11 is 0.